The lowest BCUT2D eigenvalue weighted by Gasteiger charge is -2.43. The first kappa shape index (κ1) is 82.1. The van der Waals surface area contributed by atoms with E-state index in [0.717, 1.165) is 64.5 Å². The number of likely N-dealkylation sites (tertiary alicyclic amines) is 1. The molecule has 1 spiro atoms. The van der Waals surface area contributed by atoms with Crippen LogP contribution in [0.2, 0.25) is 0 Å². The highest BCUT2D eigenvalue weighted by Gasteiger charge is 2.53. The molecule has 0 radical (unpaired) electrons. The molecule has 0 unspecified atom stereocenters. The van der Waals surface area contributed by atoms with Crippen LogP contribution in [0.15, 0.2) is 12.1 Å². The molecule has 9 atom stereocenters. The van der Waals surface area contributed by atoms with Crippen molar-refractivity contribution in [1.29, 1.82) is 0 Å². The number of carbonyl (C=O) groups excluding carboxylic acids is 12. The Kier molecular flexibility index (Phi) is 28.6. The minimum atomic E-state index is -5.40. The summed E-state index contributed by atoms with van der Waals surface area (Å²) in [5, 5.41) is 8.61. The maximum atomic E-state index is 15.8. The van der Waals surface area contributed by atoms with Crippen LogP contribution in [0, 0.1) is 35.3 Å². The van der Waals surface area contributed by atoms with Crippen LogP contribution in [-0.2, 0) is 74.9 Å². The van der Waals surface area contributed by atoms with E-state index in [0.29, 0.717) is 95.9 Å². The number of nitrogens with zero attached hydrogens (tertiary/aromatic N) is 9. The number of halogens is 5. The van der Waals surface area contributed by atoms with Crippen LogP contribution in [0.4, 0.5) is 22.0 Å². The quantitative estimate of drug-likeness (QED) is 0.221. The second kappa shape index (κ2) is 36.2. The maximum Gasteiger partial charge on any atom is 0.422 e. The van der Waals surface area contributed by atoms with Gasteiger partial charge < -0.3 is 64.8 Å². The van der Waals surface area contributed by atoms with Crippen LogP contribution in [-0.4, -0.2) is 264 Å². The molecule has 4 saturated carbocycles. The van der Waals surface area contributed by atoms with Gasteiger partial charge in [-0.05, 0) is 119 Å². The number of carbonyl (C=O) groups is 12. The van der Waals surface area contributed by atoms with E-state index in [4.69, 9.17) is 4.74 Å². The summed E-state index contributed by atoms with van der Waals surface area (Å²) in [6.07, 6.45) is 4.40. The number of ether oxygens (including phenoxy) is 1. The Hall–Kier alpha value is -7.53. The van der Waals surface area contributed by atoms with Crippen LogP contribution in [0.1, 0.15) is 186 Å². The molecule has 3 saturated heterocycles. The number of amides is 12. The van der Waals surface area contributed by atoms with Crippen LogP contribution in [0.25, 0.3) is 0 Å². The molecule has 12 amide bonds. The number of hydrogen-bond donors (Lipinski definition) is 3. The third kappa shape index (κ3) is 19.5. The fourth-order valence-electron chi connectivity index (χ4n) is 16.7. The molecule has 30 heteroatoms. The lowest BCUT2D eigenvalue weighted by molar-refractivity contribution is -0.157. The van der Waals surface area contributed by atoms with Gasteiger partial charge in [0, 0.05) is 82.0 Å². The van der Waals surface area contributed by atoms with Crippen molar-refractivity contribution in [2.24, 2.45) is 23.7 Å². The topological polar surface area (TPSA) is 279 Å². The SMILES string of the molecule is CCO[C@@H]1C[C@H]2C(=O)NC3(CCCC3)C(=O)N(C)[C@@H](C3CCCCC3)C(=O)N(C)[C@H](C(=O)N3CCCC3)CC(=O)N(C)[C@@H](C3CCC3)C(=O)N[C@@H]([C@@H](C)CC)C(=O)N(C)CC(=O)N(C)CC(=O)N(C)[C@@H](CC3CCCCC3)C(=O)N(C)CC(=O)N[C@@H](CCc3cc(F)c(C(F)(F)F)c(F)c3)C(=O)N2C1. The van der Waals surface area contributed by atoms with E-state index in [1.165, 1.54) is 68.9 Å². The minimum absolute atomic E-state index is 0.0354. The van der Waals surface area contributed by atoms with Crippen molar-refractivity contribution in [3.05, 3.63) is 34.9 Å². The molecular formula is C74H111F5N12O13. The molecule has 8 rings (SSSR count). The molecule has 0 bridgehead atoms. The normalized spacial score (nSPS) is 27.8. The monoisotopic (exact) mass is 1470 g/mol. The van der Waals surface area contributed by atoms with E-state index in [2.05, 4.69) is 16.0 Å². The summed E-state index contributed by atoms with van der Waals surface area (Å²) in [6, 6.07) is -8.36. The zero-order valence-corrected chi connectivity index (χ0v) is 62.4. The number of likely N-dealkylation sites (N-methyl/N-ethyl adjacent to an activating group) is 7. The van der Waals surface area contributed by atoms with E-state index >= 15 is 37.5 Å². The third-order valence-corrected chi connectivity index (χ3v) is 23.4. The predicted molar refractivity (Wildman–Crippen MR) is 373 cm³/mol. The molecule has 7 fully saturated rings. The number of rotatable bonds is 12. The Morgan fingerprint density at radius 3 is 1.77 bits per heavy atom. The van der Waals surface area contributed by atoms with Gasteiger partial charge in [-0.2, -0.15) is 13.2 Å². The molecule has 25 nitrogen and oxygen atoms in total. The van der Waals surface area contributed by atoms with Crippen molar-refractivity contribution in [3.63, 3.8) is 0 Å². The maximum absolute atomic E-state index is 15.8. The van der Waals surface area contributed by atoms with Crippen molar-refractivity contribution in [2.45, 2.75) is 241 Å². The van der Waals surface area contributed by atoms with Gasteiger partial charge in [-0.15, -0.1) is 0 Å². The third-order valence-electron chi connectivity index (χ3n) is 23.4. The molecule has 104 heavy (non-hydrogen) atoms. The summed E-state index contributed by atoms with van der Waals surface area (Å²) in [6.45, 7) is 4.00. The second-order valence-electron chi connectivity index (χ2n) is 30.6. The standard InChI is InChI=1S/C74H111F5N12O13/c1-11-45(3)62-70(101)85(6)43-59(94)83(4)44-60(95)86(7)55(38-46-24-15-13-16-25-46)68(99)84(5)42-57(92)80-53(31-30-47-36-51(75)61(52(76)37-47)74(77,78)79)67(98)91-41-50(104-12-2)39-54(91)65(96)82-73(32-19-20-33-73)72(103)89(10)64(49-26-17-14-18-27-49)71(102)87(8)56(69(100)90-34-21-22-35-90)40-58(93)88(9)63(66(97)81-62)48-28-23-29-48/h36-37,45-46,48-50,53-56,62-64H,11-35,38-44H2,1-10H3,(H,80,92)(H,81,97)(H,82,96)/t45-,50+,53-,54-,55-,56-,62-,63-,64-/m0/s1. The largest absolute Gasteiger partial charge is 0.422 e. The minimum Gasteiger partial charge on any atom is -0.377 e. The molecular weight excluding hydrogens is 1360 g/mol. The van der Waals surface area contributed by atoms with Gasteiger partial charge in [-0.25, -0.2) is 8.78 Å². The molecule has 4 aliphatic carbocycles. The Balaban J connectivity index is 1.19. The van der Waals surface area contributed by atoms with Crippen LogP contribution < -0.4 is 16.0 Å². The molecule has 3 aliphatic heterocycles. The Morgan fingerprint density at radius 2 is 1.19 bits per heavy atom. The second-order valence-corrected chi connectivity index (χ2v) is 30.6. The van der Waals surface area contributed by atoms with Gasteiger partial charge in [0.15, 0.2) is 0 Å². The van der Waals surface area contributed by atoms with Gasteiger partial charge in [0.2, 0.25) is 70.9 Å². The summed E-state index contributed by atoms with van der Waals surface area (Å²) in [7, 11) is 9.82. The highest BCUT2D eigenvalue weighted by Crippen LogP contribution is 2.39. The summed E-state index contributed by atoms with van der Waals surface area (Å²) >= 11 is 0. The highest BCUT2D eigenvalue weighted by molar-refractivity contribution is 6.01. The van der Waals surface area contributed by atoms with Gasteiger partial charge in [0.25, 0.3) is 0 Å². The smallest absolute Gasteiger partial charge is 0.377 e. The average Bonchev–Trinajstić information content (AvgIpc) is 1.44. The Morgan fingerprint density at radius 1 is 0.615 bits per heavy atom. The molecule has 1 aromatic rings. The average molecular weight is 1470 g/mol. The first-order valence-corrected chi connectivity index (χ1v) is 37.7. The Bertz CT molecular complexity index is 3260. The fourth-order valence-corrected chi connectivity index (χ4v) is 16.7. The number of nitrogens with one attached hydrogen (secondary N) is 3. The van der Waals surface area contributed by atoms with E-state index in [9.17, 15) is 41.9 Å². The summed E-state index contributed by atoms with van der Waals surface area (Å²) in [5.41, 5.74) is -4.13. The van der Waals surface area contributed by atoms with Gasteiger partial charge in [0.1, 0.15) is 65.0 Å². The lowest BCUT2D eigenvalue weighted by atomic mass is 9.78. The van der Waals surface area contributed by atoms with Crippen LogP contribution >= 0.6 is 0 Å². The number of benzene rings is 1. The number of hydrogen-bond acceptors (Lipinski definition) is 13. The Labute approximate surface area is 608 Å². The first-order chi connectivity index (χ1) is 49.2. The van der Waals surface area contributed by atoms with Crippen molar-refractivity contribution in [2.75, 3.05) is 95.2 Å². The number of fused-ring (bicyclic) bond motifs is 1. The van der Waals surface area contributed by atoms with E-state index < -0.39 is 199 Å². The fraction of sp³-hybridized carbons (Fsp3) is 0.757. The van der Waals surface area contributed by atoms with Crippen LogP contribution in [0.3, 0.4) is 0 Å². The van der Waals surface area contributed by atoms with Crippen LogP contribution in [0.5, 0.6) is 0 Å². The number of alkyl halides is 3. The summed E-state index contributed by atoms with van der Waals surface area (Å²) < 4.78 is 77.9. The molecule has 7 aliphatic rings. The first-order valence-electron chi connectivity index (χ1n) is 37.7. The zero-order valence-electron chi connectivity index (χ0n) is 62.4. The van der Waals surface area contributed by atoms with Gasteiger partial charge in [0.05, 0.1) is 32.2 Å². The lowest BCUT2D eigenvalue weighted by Crippen LogP contribution is -2.65. The number of aryl methyl sites for hydroxylation is 1. The van der Waals surface area contributed by atoms with Gasteiger partial charge in [-0.3, -0.25) is 57.5 Å². The predicted octanol–water partition coefficient (Wildman–Crippen LogP) is 5.43. The summed E-state index contributed by atoms with van der Waals surface area (Å²) in [4.78, 5) is 192. The van der Waals surface area contributed by atoms with Gasteiger partial charge >= 0.3 is 6.18 Å². The van der Waals surface area contributed by atoms with Gasteiger partial charge in [-0.1, -0.05) is 90.9 Å². The molecule has 3 N–H and O–H groups in total. The highest BCUT2D eigenvalue weighted by atomic mass is 19.4. The molecule has 3 heterocycles. The molecule has 0 aromatic heterocycles. The van der Waals surface area contributed by atoms with Crippen molar-refractivity contribution in [3.8, 4) is 0 Å². The van der Waals surface area contributed by atoms with E-state index in [1.807, 2.05) is 6.92 Å². The molecule has 580 valence electrons. The van der Waals surface area contributed by atoms with Crippen molar-refractivity contribution < 1.29 is 84.2 Å². The summed E-state index contributed by atoms with van der Waals surface area (Å²) in [5.74, 6) is -13.6. The van der Waals surface area contributed by atoms with E-state index in [1.54, 1.807) is 18.7 Å². The van der Waals surface area contributed by atoms with Crippen molar-refractivity contribution >= 4 is 70.9 Å². The van der Waals surface area contributed by atoms with Crippen molar-refractivity contribution in [1.82, 2.24) is 60.0 Å². The molecule has 1 aromatic carbocycles. The zero-order chi connectivity index (χ0) is 76.2. The van der Waals surface area contributed by atoms with E-state index in [-0.39, 0.29) is 56.2 Å².